The Hall–Kier alpha value is -2.67. The van der Waals surface area contributed by atoms with Gasteiger partial charge in [-0.3, -0.25) is 4.84 Å². The van der Waals surface area contributed by atoms with Crippen LogP contribution in [0.2, 0.25) is 0 Å². The Kier molecular flexibility index (Phi) is 6.18. The summed E-state index contributed by atoms with van der Waals surface area (Å²) in [6.45, 7) is 6.71. The third-order valence-corrected chi connectivity index (χ3v) is 5.67. The molecule has 0 saturated heterocycles. The average molecular weight is 421 g/mol. The molecule has 1 aliphatic heterocycles. The second-order valence-corrected chi connectivity index (χ2v) is 7.99. The molecule has 0 bridgehead atoms. The number of hydroxylamine groups is 1. The van der Waals surface area contributed by atoms with Crippen LogP contribution in [0, 0.1) is 6.92 Å². The standard InChI is InChI=1S/C24H28N4OS/c1-4-29-28(20-8-6-5-7-9-20)24(30)26-19-10-11-22-21(16-19)23(17(2)25-22)18-12-14-27(3)15-13-18/h5-12,16,25H,4,13-15H2,1-3H3,(H,26,30). The first kappa shape index (κ1) is 20.6. The maximum Gasteiger partial charge on any atom is 0.202 e. The second-order valence-electron chi connectivity index (χ2n) is 7.60. The molecule has 1 aliphatic rings. The van der Waals surface area contributed by atoms with Crippen LogP contribution in [0.1, 0.15) is 24.6 Å². The molecular formula is C24H28N4OS. The van der Waals surface area contributed by atoms with Gasteiger partial charge < -0.3 is 15.2 Å². The van der Waals surface area contributed by atoms with Gasteiger partial charge in [0, 0.05) is 40.9 Å². The van der Waals surface area contributed by atoms with E-state index in [9.17, 15) is 0 Å². The molecule has 2 aromatic carbocycles. The van der Waals surface area contributed by atoms with E-state index in [2.05, 4.69) is 47.4 Å². The van der Waals surface area contributed by atoms with Crippen LogP contribution in [0.3, 0.4) is 0 Å². The number of nitrogens with one attached hydrogen (secondary N) is 2. The Morgan fingerprint density at radius 2 is 2.03 bits per heavy atom. The van der Waals surface area contributed by atoms with Crippen molar-refractivity contribution < 1.29 is 4.84 Å². The molecule has 2 N–H and O–H groups in total. The van der Waals surface area contributed by atoms with Gasteiger partial charge in [0.15, 0.2) is 0 Å². The number of aromatic amines is 1. The largest absolute Gasteiger partial charge is 0.358 e. The number of aryl methyl sites for hydroxylation is 1. The van der Waals surface area contributed by atoms with Crippen LogP contribution in [0.5, 0.6) is 0 Å². The maximum absolute atomic E-state index is 5.79. The number of benzene rings is 2. The zero-order chi connectivity index (χ0) is 21.1. The van der Waals surface area contributed by atoms with Gasteiger partial charge >= 0.3 is 0 Å². The molecule has 30 heavy (non-hydrogen) atoms. The van der Waals surface area contributed by atoms with Crippen molar-refractivity contribution in [2.75, 3.05) is 37.1 Å². The van der Waals surface area contributed by atoms with Crippen molar-refractivity contribution in [3.8, 4) is 0 Å². The molecule has 0 spiro atoms. The molecule has 0 radical (unpaired) electrons. The van der Waals surface area contributed by atoms with Crippen LogP contribution in [-0.2, 0) is 4.84 Å². The highest BCUT2D eigenvalue weighted by Crippen LogP contribution is 2.33. The van der Waals surface area contributed by atoms with E-state index in [1.54, 1.807) is 5.06 Å². The van der Waals surface area contributed by atoms with Gasteiger partial charge in [0.25, 0.3) is 0 Å². The number of fused-ring (bicyclic) bond motifs is 1. The molecule has 5 nitrogen and oxygen atoms in total. The second kappa shape index (κ2) is 9.00. The van der Waals surface area contributed by atoms with Gasteiger partial charge in [-0.25, -0.2) is 0 Å². The van der Waals surface area contributed by atoms with E-state index in [0.29, 0.717) is 11.7 Å². The summed E-state index contributed by atoms with van der Waals surface area (Å²) in [5.41, 5.74) is 6.92. The van der Waals surface area contributed by atoms with Gasteiger partial charge in [0.2, 0.25) is 5.11 Å². The quantitative estimate of drug-likeness (QED) is 0.430. The molecule has 0 amide bonds. The third-order valence-electron chi connectivity index (χ3n) is 5.40. The smallest absolute Gasteiger partial charge is 0.202 e. The summed E-state index contributed by atoms with van der Waals surface area (Å²) in [7, 11) is 2.16. The normalized spacial score (nSPS) is 14.6. The van der Waals surface area contributed by atoms with Crippen molar-refractivity contribution in [1.82, 2.24) is 9.88 Å². The summed E-state index contributed by atoms with van der Waals surface area (Å²) in [5, 5.41) is 6.75. The highest BCUT2D eigenvalue weighted by atomic mass is 32.1. The fraction of sp³-hybridized carbons (Fsp3) is 0.292. The molecule has 4 rings (SSSR count). The van der Waals surface area contributed by atoms with E-state index in [1.807, 2.05) is 43.3 Å². The minimum atomic E-state index is 0.509. The molecule has 0 atom stereocenters. The number of likely N-dealkylation sites (N-methyl/N-ethyl adjacent to an activating group) is 1. The number of H-pyrrole nitrogens is 1. The minimum Gasteiger partial charge on any atom is -0.358 e. The third kappa shape index (κ3) is 4.26. The van der Waals surface area contributed by atoms with Crippen molar-refractivity contribution in [1.29, 1.82) is 0 Å². The molecule has 6 heteroatoms. The van der Waals surface area contributed by atoms with Crippen molar-refractivity contribution in [2.45, 2.75) is 20.3 Å². The van der Waals surface area contributed by atoms with Gasteiger partial charge in [-0.1, -0.05) is 24.3 Å². The van der Waals surface area contributed by atoms with Crippen molar-refractivity contribution in [3.05, 3.63) is 65.9 Å². The van der Waals surface area contributed by atoms with E-state index in [0.717, 1.165) is 36.4 Å². The fourth-order valence-corrected chi connectivity index (χ4v) is 4.21. The molecule has 0 fully saturated rings. The van der Waals surface area contributed by atoms with Crippen LogP contribution >= 0.6 is 12.2 Å². The van der Waals surface area contributed by atoms with Gasteiger partial charge in [0.05, 0.1) is 12.3 Å². The number of hydrogen-bond donors (Lipinski definition) is 2. The predicted octanol–water partition coefficient (Wildman–Crippen LogP) is 5.35. The first-order valence-electron chi connectivity index (χ1n) is 10.4. The van der Waals surface area contributed by atoms with Gasteiger partial charge in [-0.2, -0.15) is 5.06 Å². The lowest BCUT2D eigenvalue weighted by atomic mass is 9.96. The molecule has 0 saturated carbocycles. The predicted molar refractivity (Wildman–Crippen MR) is 130 cm³/mol. The van der Waals surface area contributed by atoms with Gasteiger partial charge in [0.1, 0.15) is 0 Å². The summed E-state index contributed by atoms with van der Waals surface area (Å²) >= 11 is 5.67. The van der Waals surface area contributed by atoms with Crippen molar-refractivity contribution in [2.24, 2.45) is 0 Å². The van der Waals surface area contributed by atoms with E-state index >= 15 is 0 Å². The first-order valence-corrected chi connectivity index (χ1v) is 10.8. The van der Waals surface area contributed by atoms with Crippen LogP contribution in [0.25, 0.3) is 16.5 Å². The first-order chi connectivity index (χ1) is 14.6. The molecule has 156 valence electrons. The topological polar surface area (TPSA) is 43.5 Å². The lowest BCUT2D eigenvalue weighted by molar-refractivity contribution is 0.158. The van der Waals surface area contributed by atoms with Crippen molar-refractivity contribution >= 4 is 45.2 Å². The molecule has 3 aromatic rings. The Bertz CT molecular complexity index is 1070. The van der Waals surface area contributed by atoms with Crippen molar-refractivity contribution in [3.63, 3.8) is 0 Å². The lowest BCUT2D eigenvalue weighted by Crippen LogP contribution is -2.34. The number of rotatable bonds is 5. The van der Waals surface area contributed by atoms with Gasteiger partial charge in [-0.05, 0) is 75.4 Å². The lowest BCUT2D eigenvalue weighted by Gasteiger charge is -2.24. The summed E-state index contributed by atoms with van der Waals surface area (Å²) in [6.07, 6.45) is 3.41. The van der Waals surface area contributed by atoms with Crippen LogP contribution in [-0.4, -0.2) is 41.7 Å². The Morgan fingerprint density at radius 1 is 1.23 bits per heavy atom. The Morgan fingerprint density at radius 3 is 2.73 bits per heavy atom. The molecule has 1 aromatic heterocycles. The fourth-order valence-electron chi connectivity index (χ4n) is 3.93. The maximum atomic E-state index is 5.79. The summed E-state index contributed by atoms with van der Waals surface area (Å²) in [4.78, 5) is 11.7. The molecular weight excluding hydrogens is 392 g/mol. The number of nitrogens with zero attached hydrogens (tertiary/aromatic N) is 2. The number of para-hydroxylation sites is 1. The van der Waals surface area contributed by atoms with E-state index in [4.69, 9.17) is 17.1 Å². The zero-order valence-corrected chi connectivity index (χ0v) is 18.6. The molecule has 2 heterocycles. The molecule has 0 unspecified atom stereocenters. The summed E-state index contributed by atoms with van der Waals surface area (Å²) in [6, 6.07) is 16.2. The summed E-state index contributed by atoms with van der Waals surface area (Å²) in [5.74, 6) is 0. The van der Waals surface area contributed by atoms with E-state index in [-0.39, 0.29) is 0 Å². The number of anilines is 2. The average Bonchev–Trinajstić information content (AvgIpc) is 3.08. The monoisotopic (exact) mass is 420 g/mol. The summed E-state index contributed by atoms with van der Waals surface area (Å²) < 4.78 is 0. The number of aromatic nitrogens is 1. The number of hydrogen-bond acceptors (Lipinski definition) is 3. The highest BCUT2D eigenvalue weighted by Gasteiger charge is 2.18. The van der Waals surface area contributed by atoms with Crippen LogP contribution in [0.4, 0.5) is 11.4 Å². The van der Waals surface area contributed by atoms with E-state index in [1.165, 1.54) is 22.2 Å². The SMILES string of the molecule is CCON(C(=S)Nc1ccc2[nH]c(C)c(C3=CCN(C)CC3)c2c1)c1ccccc1. The minimum absolute atomic E-state index is 0.509. The van der Waals surface area contributed by atoms with Crippen LogP contribution in [0.15, 0.2) is 54.6 Å². The molecule has 0 aliphatic carbocycles. The van der Waals surface area contributed by atoms with Crippen LogP contribution < -0.4 is 10.4 Å². The Balaban J connectivity index is 1.63. The Labute approximate surface area is 183 Å². The van der Waals surface area contributed by atoms with E-state index < -0.39 is 0 Å². The highest BCUT2D eigenvalue weighted by molar-refractivity contribution is 7.80. The number of thiocarbonyl (C=S) groups is 1. The zero-order valence-electron chi connectivity index (χ0n) is 17.7. The van der Waals surface area contributed by atoms with Gasteiger partial charge in [-0.15, -0.1) is 0 Å².